The molecule has 2 nitrogen and oxygen atoms in total. The highest BCUT2D eigenvalue weighted by atomic mass is 35.5. The molecule has 0 spiro atoms. The molecule has 1 aliphatic heterocycles. The molecule has 4 heteroatoms. The lowest BCUT2D eigenvalue weighted by Gasteiger charge is -2.41. The van der Waals surface area contributed by atoms with E-state index >= 15 is 0 Å². The van der Waals surface area contributed by atoms with Gasteiger partial charge in [0.1, 0.15) is 0 Å². The van der Waals surface area contributed by atoms with Gasteiger partial charge in [-0.15, -0.1) is 24.8 Å². The normalized spacial score (nSPS) is 33.9. The Morgan fingerprint density at radius 1 is 0.923 bits per heavy atom. The Balaban J connectivity index is 0.000000720. The van der Waals surface area contributed by atoms with E-state index in [0.717, 1.165) is 6.04 Å². The zero-order valence-corrected chi connectivity index (χ0v) is 9.58. The standard InChI is InChI=1S/C9H18N2.2ClH/c10-8-2-4-9(5-3-8)11-6-1-7-11;;/h8-9H,1-7,10H2;2*1H. The fourth-order valence-electron chi connectivity index (χ4n) is 2.17. The van der Waals surface area contributed by atoms with Gasteiger partial charge in [0.2, 0.25) is 0 Å². The van der Waals surface area contributed by atoms with Crippen molar-refractivity contribution in [1.82, 2.24) is 4.90 Å². The Kier molecular flexibility index (Phi) is 6.31. The van der Waals surface area contributed by atoms with E-state index in [9.17, 15) is 0 Å². The molecule has 1 heterocycles. The molecule has 2 aliphatic rings. The van der Waals surface area contributed by atoms with E-state index in [1.54, 1.807) is 0 Å². The van der Waals surface area contributed by atoms with E-state index in [1.807, 2.05) is 0 Å². The molecule has 0 aromatic heterocycles. The lowest BCUT2D eigenvalue weighted by molar-refractivity contribution is 0.0874. The zero-order valence-electron chi connectivity index (χ0n) is 7.95. The average Bonchev–Trinajstić information content (AvgIpc) is 1.90. The summed E-state index contributed by atoms with van der Waals surface area (Å²) in [7, 11) is 0. The Labute approximate surface area is 93.1 Å². The minimum atomic E-state index is 0. The molecule has 0 unspecified atom stereocenters. The summed E-state index contributed by atoms with van der Waals surface area (Å²) < 4.78 is 0. The monoisotopic (exact) mass is 226 g/mol. The third kappa shape index (κ3) is 3.28. The fraction of sp³-hybridized carbons (Fsp3) is 1.00. The van der Waals surface area contributed by atoms with Crippen LogP contribution in [0.4, 0.5) is 0 Å². The van der Waals surface area contributed by atoms with Crippen LogP contribution in [0.5, 0.6) is 0 Å². The molecule has 13 heavy (non-hydrogen) atoms. The molecule has 0 aromatic carbocycles. The van der Waals surface area contributed by atoms with Gasteiger partial charge in [-0.1, -0.05) is 0 Å². The minimum absolute atomic E-state index is 0. The molecule has 2 rings (SSSR count). The summed E-state index contributed by atoms with van der Waals surface area (Å²) in [6.07, 6.45) is 6.62. The molecule has 0 atom stereocenters. The van der Waals surface area contributed by atoms with E-state index in [0.29, 0.717) is 6.04 Å². The van der Waals surface area contributed by atoms with Gasteiger partial charge in [0.05, 0.1) is 0 Å². The lowest BCUT2D eigenvalue weighted by Crippen LogP contribution is -2.47. The van der Waals surface area contributed by atoms with Crippen LogP contribution in [-0.2, 0) is 0 Å². The molecule has 1 saturated carbocycles. The van der Waals surface area contributed by atoms with E-state index < -0.39 is 0 Å². The second-order valence-corrected chi connectivity index (χ2v) is 3.96. The summed E-state index contributed by atoms with van der Waals surface area (Å²) >= 11 is 0. The molecule has 80 valence electrons. The van der Waals surface area contributed by atoms with Gasteiger partial charge in [0, 0.05) is 12.1 Å². The van der Waals surface area contributed by atoms with E-state index in [4.69, 9.17) is 5.73 Å². The highest BCUT2D eigenvalue weighted by molar-refractivity contribution is 5.85. The van der Waals surface area contributed by atoms with Crippen molar-refractivity contribution in [3.05, 3.63) is 0 Å². The van der Waals surface area contributed by atoms with Crippen molar-refractivity contribution in [1.29, 1.82) is 0 Å². The van der Waals surface area contributed by atoms with Crippen LogP contribution in [-0.4, -0.2) is 30.1 Å². The van der Waals surface area contributed by atoms with Crippen LogP contribution >= 0.6 is 24.8 Å². The van der Waals surface area contributed by atoms with Crippen LogP contribution in [0.3, 0.4) is 0 Å². The molecular formula is C9H20Cl2N2. The van der Waals surface area contributed by atoms with Gasteiger partial charge in [-0.05, 0) is 45.2 Å². The van der Waals surface area contributed by atoms with Crippen LogP contribution in [0.15, 0.2) is 0 Å². The molecule has 2 fully saturated rings. The van der Waals surface area contributed by atoms with Crippen LogP contribution in [0.2, 0.25) is 0 Å². The molecule has 1 aliphatic carbocycles. The number of likely N-dealkylation sites (tertiary alicyclic amines) is 1. The Morgan fingerprint density at radius 3 is 1.85 bits per heavy atom. The number of halogens is 2. The van der Waals surface area contributed by atoms with Crippen molar-refractivity contribution in [3.8, 4) is 0 Å². The fourth-order valence-corrected chi connectivity index (χ4v) is 2.17. The van der Waals surface area contributed by atoms with E-state index in [-0.39, 0.29) is 24.8 Å². The number of nitrogens with zero attached hydrogens (tertiary/aromatic N) is 1. The number of rotatable bonds is 1. The van der Waals surface area contributed by atoms with Crippen LogP contribution in [0.1, 0.15) is 32.1 Å². The first-order valence-electron chi connectivity index (χ1n) is 4.86. The maximum Gasteiger partial charge on any atom is 0.00964 e. The van der Waals surface area contributed by atoms with Crippen molar-refractivity contribution in [2.24, 2.45) is 5.73 Å². The molecule has 0 aromatic rings. The maximum absolute atomic E-state index is 5.84. The molecule has 0 bridgehead atoms. The van der Waals surface area contributed by atoms with Gasteiger partial charge in [-0.3, -0.25) is 0 Å². The summed E-state index contributed by atoms with van der Waals surface area (Å²) in [4.78, 5) is 2.62. The molecule has 2 N–H and O–H groups in total. The third-order valence-corrected chi connectivity index (χ3v) is 3.15. The van der Waals surface area contributed by atoms with Gasteiger partial charge < -0.3 is 10.6 Å². The predicted molar refractivity (Wildman–Crippen MR) is 60.9 cm³/mol. The predicted octanol–water partition coefficient (Wildman–Crippen LogP) is 1.81. The second-order valence-electron chi connectivity index (χ2n) is 3.96. The van der Waals surface area contributed by atoms with Crippen molar-refractivity contribution >= 4 is 24.8 Å². The van der Waals surface area contributed by atoms with Crippen LogP contribution in [0.25, 0.3) is 0 Å². The number of hydrogen-bond acceptors (Lipinski definition) is 2. The summed E-state index contributed by atoms with van der Waals surface area (Å²) in [5.74, 6) is 0. The Bertz CT molecular complexity index is 132. The largest absolute Gasteiger partial charge is 0.328 e. The summed E-state index contributed by atoms with van der Waals surface area (Å²) in [5, 5.41) is 0. The molecule has 0 amide bonds. The van der Waals surface area contributed by atoms with Gasteiger partial charge in [-0.2, -0.15) is 0 Å². The summed E-state index contributed by atoms with van der Waals surface area (Å²) in [6, 6.07) is 1.40. The van der Waals surface area contributed by atoms with Gasteiger partial charge in [0.15, 0.2) is 0 Å². The number of nitrogens with two attached hydrogens (primary N) is 1. The van der Waals surface area contributed by atoms with Crippen molar-refractivity contribution < 1.29 is 0 Å². The SMILES string of the molecule is Cl.Cl.NC1CCC(N2CCC2)CC1. The average molecular weight is 227 g/mol. The van der Waals surface area contributed by atoms with Crippen LogP contribution in [0, 0.1) is 0 Å². The van der Waals surface area contributed by atoms with E-state index in [2.05, 4.69) is 4.90 Å². The third-order valence-electron chi connectivity index (χ3n) is 3.15. The molecular weight excluding hydrogens is 207 g/mol. The molecule has 1 saturated heterocycles. The topological polar surface area (TPSA) is 29.3 Å². The Morgan fingerprint density at radius 2 is 1.46 bits per heavy atom. The molecule has 0 radical (unpaired) electrons. The summed E-state index contributed by atoms with van der Waals surface area (Å²) in [6.45, 7) is 2.69. The van der Waals surface area contributed by atoms with Crippen molar-refractivity contribution in [2.75, 3.05) is 13.1 Å². The van der Waals surface area contributed by atoms with Gasteiger partial charge >= 0.3 is 0 Å². The highest BCUT2D eigenvalue weighted by Crippen LogP contribution is 2.25. The summed E-state index contributed by atoms with van der Waals surface area (Å²) in [5.41, 5.74) is 5.84. The quantitative estimate of drug-likeness (QED) is 0.740. The second kappa shape index (κ2) is 6.07. The van der Waals surface area contributed by atoms with Crippen LogP contribution < -0.4 is 5.73 Å². The first-order chi connectivity index (χ1) is 5.36. The van der Waals surface area contributed by atoms with Gasteiger partial charge in [-0.25, -0.2) is 0 Å². The first kappa shape index (κ1) is 13.5. The van der Waals surface area contributed by atoms with Crippen molar-refractivity contribution in [2.45, 2.75) is 44.2 Å². The zero-order chi connectivity index (χ0) is 7.68. The van der Waals surface area contributed by atoms with Crippen molar-refractivity contribution in [3.63, 3.8) is 0 Å². The lowest BCUT2D eigenvalue weighted by atomic mass is 9.89. The minimum Gasteiger partial charge on any atom is -0.328 e. The number of hydrogen-bond donors (Lipinski definition) is 1. The Hall–Kier alpha value is 0.500. The maximum atomic E-state index is 5.84. The smallest absolute Gasteiger partial charge is 0.00964 e. The van der Waals surface area contributed by atoms with E-state index in [1.165, 1.54) is 45.2 Å². The highest BCUT2D eigenvalue weighted by Gasteiger charge is 2.27. The van der Waals surface area contributed by atoms with Gasteiger partial charge in [0.25, 0.3) is 0 Å². The first-order valence-corrected chi connectivity index (χ1v) is 4.86.